The number of carboxylic acid groups (broad SMARTS) is 2. The molecule has 7 nitrogen and oxygen atoms in total. The maximum Gasteiger partial charge on any atom is 0.331 e. The zero-order valence-electron chi connectivity index (χ0n) is 8.34. The van der Waals surface area contributed by atoms with Crippen molar-refractivity contribution in [3.63, 3.8) is 0 Å². The number of aliphatic carboxylic acids is 2. The van der Waals surface area contributed by atoms with E-state index in [0.29, 0.717) is 0 Å². The average Bonchev–Trinajstić information content (AvgIpc) is 2.51. The molecular formula is C8H11N3O4. The van der Waals surface area contributed by atoms with Gasteiger partial charge in [-0.05, 0) is 13.8 Å². The van der Waals surface area contributed by atoms with Crippen molar-refractivity contribution in [1.82, 2.24) is 15.0 Å². The Morgan fingerprint density at radius 2 is 2.07 bits per heavy atom. The Labute approximate surface area is 85.3 Å². The molecule has 0 radical (unpaired) electrons. The molecule has 0 unspecified atom stereocenters. The quantitative estimate of drug-likeness (QED) is 0.712. The van der Waals surface area contributed by atoms with Gasteiger partial charge in [-0.2, -0.15) is 0 Å². The highest BCUT2D eigenvalue weighted by atomic mass is 16.4. The summed E-state index contributed by atoms with van der Waals surface area (Å²) < 4.78 is 1.10. The highest BCUT2D eigenvalue weighted by Crippen LogP contribution is 2.16. The Hall–Kier alpha value is -1.92. The van der Waals surface area contributed by atoms with Crippen LogP contribution in [0.15, 0.2) is 6.20 Å². The SMILES string of the molecule is CC(C)(C(=O)O)n1nncc1CC(=O)O. The standard InChI is InChI=1S/C8H11N3O4/c1-8(2,7(14)15)11-5(3-6(12)13)4-9-10-11/h4H,3H2,1-2H3,(H,12,13)(H,14,15). The molecule has 0 spiro atoms. The monoisotopic (exact) mass is 213 g/mol. The van der Waals surface area contributed by atoms with Gasteiger partial charge in [0.25, 0.3) is 0 Å². The molecule has 0 aromatic carbocycles. The molecule has 2 N–H and O–H groups in total. The molecule has 0 saturated carbocycles. The maximum atomic E-state index is 10.9. The van der Waals surface area contributed by atoms with Gasteiger partial charge in [0.05, 0.1) is 18.3 Å². The van der Waals surface area contributed by atoms with Gasteiger partial charge in [0.2, 0.25) is 0 Å². The van der Waals surface area contributed by atoms with Gasteiger partial charge in [0.1, 0.15) is 0 Å². The summed E-state index contributed by atoms with van der Waals surface area (Å²) in [6.45, 7) is 2.85. The van der Waals surface area contributed by atoms with Crippen LogP contribution >= 0.6 is 0 Å². The van der Waals surface area contributed by atoms with Gasteiger partial charge in [-0.25, -0.2) is 9.48 Å². The number of carboxylic acids is 2. The molecule has 0 atom stereocenters. The first-order valence-electron chi connectivity index (χ1n) is 4.21. The minimum atomic E-state index is -1.30. The average molecular weight is 213 g/mol. The molecule has 0 saturated heterocycles. The Morgan fingerprint density at radius 3 is 2.53 bits per heavy atom. The third-order valence-corrected chi connectivity index (χ3v) is 2.01. The molecule has 0 bridgehead atoms. The minimum absolute atomic E-state index is 0.259. The fourth-order valence-electron chi connectivity index (χ4n) is 1.09. The fraction of sp³-hybridized carbons (Fsp3) is 0.500. The lowest BCUT2D eigenvalue weighted by atomic mass is 10.1. The lowest BCUT2D eigenvalue weighted by molar-refractivity contribution is -0.146. The zero-order chi connectivity index (χ0) is 11.6. The first-order valence-corrected chi connectivity index (χ1v) is 4.21. The Bertz CT molecular complexity index is 396. The Balaban J connectivity index is 3.09. The van der Waals surface area contributed by atoms with E-state index in [9.17, 15) is 9.59 Å². The molecule has 1 aromatic heterocycles. The molecular weight excluding hydrogens is 202 g/mol. The van der Waals surface area contributed by atoms with Gasteiger partial charge in [-0.3, -0.25) is 4.79 Å². The van der Waals surface area contributed by atoms with E-state index in [1.807, 2.05) is 0 Å². The van der Waals surface area contributed by atoms with Gasteiger partial charge >= 0.3 is 11.9 Å². The van der Waals surface area contributed by atoms with E-state index in [1.165, 1.54) is 20.0 Å². The van der Waals surface area contributed by atoms with Crippen molar-refractivity contribution in [2.75, 3.05) is 0 Å². The van der Waals surface area contributed by atoms with E-state index >= 15 is 0 Å². The van der Waals surface area contributed by atoms with Gasteiger partial charge < -0.3 is 10.2 Å². The van der Waals surface area contributed by atoms with Crippen molar-refractivity contribution in [2.24, 2.45) is 0 Å². The molecule has 0 aliphatic carbocycles. The zero-order valence-corrected chi connectivity index (χ0v) is 8.34. The van der Waals surface area contributed by atoms with E-state index < -0.39 is 17.5 Å². The highest BCUT2D eigenvalue weighted by Gasteiger charge is 2.32. The minimum Gasteiger partial charge on any atom is -0.481 e. The second-order valence-corrected chi connectivity index (χ2v) is 3.57. The topological polar surface area (TPSA) is 105 Å². The maximum absolute atomic E-state index is 10.9. The molecule has 15 heavy (non-hydrogen) atoms. The largest absolute Gasteiger partial charge is 0.481 e. The van der Waals surface area contributed by atoms with Crippen LogP contribution in [-0.4, -0.2) is 37.1 Å². The predicted octanol–water partition coefficient (Wildman–Crippen LogP) is -0.275. The summed E-state index contributed by atoms with van der Waals surface area (Å²) in [4.78, 5) is 21.4. The van der Waals surface area contributed by atoms with Crippen molar-refractivity contribution < 1.29 is 19.8 Å². The number of carbonyl (C=O) groups is 2. The second-order valence-electron chi connectivity index (χ2n) is 3.57. The summed E-state index contributed by atoms with van der Waals surface area (Å²) >= 11 is 0. The van der Waals surface area contributed by atoms with Crippen LogP contribution in [0.5, 0.6) is 0 Å². The van der Waals surface area contributed by atoms with E-state index in [4.69, 9.17) is 10.2 Å². The van der Waals surface area contributed by atoms with Crippen LogP contribution in [0.4, 0.5) is 0 Å². The first-order chi connectivity index (χ1) is 6.85. The van der Waals surface area contributed by atoms with Gasteiger partial charge in [-0.15, -0.1) is 5.10 Å². The van der Waals surface area contributed by atoms with Crippen LogP contribution < -0.4 is 0 Å². The molecule has 0 aliphatic heterocycles. The summed E-state index contributed by atoms with van der Waals surface area (Å²) in [6, 6.07) is 0. The highest BCUT2D eigenvalue weighted by molar-refractivity contribution is 5.76. The van der Waals surface area contributed by atoms with Crippen LogP contribution in [0, 0.1) is 0 Å². The summed E-state index contributed by atoms with van der Waals surface area (Å²) in [5.41, 5.74) is -1.05. The molecule has 1 aromatic rings. The van der Waals surface area contributed by atoms with Crippen molar-refractivity contribution in [3.05, 3.63) is 11.9 Å². The second kappa shape index (κ2) is 3.68. The Kier molecular flexibility index (Phi) is 2.74. The summed E-state index contributed by atoms with van der Waals surface area (Å²) in [6.07, 6.45) is 0.947. The number of hydrogen-bond donors (Lipinski definition) is 2. The van der Waals surface area contributed by atoms with Crippen LogP contribution in [0.2, 0.25) is 0 Å². The van der Waals surface area contributed by atoms with Gasteiger partial charge in [-0.1, -0.05) is 5.21 Å². The molecule has 1 rings (SSSR count). The van der Waals surface area contributed by atoms with Crippen LogP contribution in [0.1, 0.15) is 19.5 Å². The van der Waals surface area contributed by atoms with Crippen LogP contribution in [0.3, 0.4) is 0 Å². The van der Waals surface area contributed by atoms with Crippen molar-refractivity contribution >= 4 is 11.9 Å². The van der Waals surface area contributed by atoms with Crippen molar-refractivity contribution in [2.45, 2.75) is 25.8 Å². The fourth-order valence-corrected chi connectivity index (χ4v) is 1.09. The number of aromatic nitrogens is 3. The molecule has 0 amide bonds. The third kappa shape index (κ3) is 2.12. The van der Waals surface area contributed by atoms with Gasteiger partial charge in [0.15, 0.2) is 5.54 Å². The summed E-state index contributed by atoms with van der Waals surface area (Å²) in [5, 5.41) is 24.6. The van der Waals surface area contributed by atoms with Crippen molar-refractivity contribution in [1.29, 1.82) is 0 Å². The van der Waals surface area contributed by atoms with E-state index in [2.05, 4.69) is 10.3 Å². The molecule has 1 heterocycles. The normalized spacial score (nSPS) is 11.3. The number of hydrogen-bond acceptors (Lipinski definition) is 4. The summed E-state index contributed by atoms with van der Waals surface area (Å²) in [5.74, 6) is -2.15. The van der Waals surface area contributed by atoms with E-state index in [1.54, 1.807) is 0 Å². The Morgan fingerprint density at radius 1 is 1.47 bits per heavy atom. The number of rotatable bonds is 4. The smallest absolute Gasteiger partial charge is 0.331 e. The third-order valence-electron chi connectivity index (χ3n) is 2.01. The summed E-state index contributed by atoms with van der Waals surface area (Å²) in [7, 11) is 0. The molecule has 0 aliphatic rings. The van der Waals surface area contributed by atoms with Crippen LogP contribution in [-0.2, 0) is 21.5 Å². The van der Waals surface area contributed by atoms with E-state index in [0.717, 1.165) is 4.68 Å². The van der Waals surface area contributed by atoms with Crippen LogP contribution in [0.25, 0.3) is 0 Å². The first kappa shape index (κ1) is 11.2. The predicted molar refractivity (Wildman–Crippen MR) is 48.3 cm³/mol. The number of nitrogens with zero attached hydrogens (tertiary/aromatic N) is 3. The lowest BCUT2D eigenvalue weighted by Crippen LogP contribution is -2.38. The molecule has 82 valence electrons. The van der Waals surface area contributed by atoms with Crippen molar-refractivity contribution in [3.8, 4) is 0 Å². The van der Waals surface area contributed by atoms with E-state index in [-0.39, 0.29) is 12.1 Å². The molecule has 0 fully saturated rings. The van der Waals surface area contributed by atoms with Gasteiger partial charge in [0, 0.05) is 0 Å². The lowest BCUT2D eigenvalue weighted by Gasteiger charge is -2.20. The molecule has 7 heteroatoms.